The van der Waals surface area contributed by atoms with E-state index in [9.17, 15) is 10.2 Å². The number of hydrogen-bond donors (Lipinski definition) is 3. The third-order valence-corrected chi connectivity index (χ3v) is 2.41. The summed E-state index contributed by atoms with van der Waals surface area (Å²) in [6.45, 7) is 1.59. The first-order valence-electron chi connectivity index (χ1n) is 4.89. The Morgan fingerprint density at radius 1 is 1.19 bits per heavy atom. The molecule has 0 amide bonds. The van der Waals surface area contributed by atoms with Gasteiger partial charge in [-0.05, 0) is 24.6 Å². The Balaban J connectivity index is 3.21. The van der Waals surface area contributed by atoms with Crippen molar-refractivity contribution in [2.24, 2.45) is 5.73 Å². The zero-order chi connectivity index (χ0) is 12.3. The first-order chi connectivity index (χ1) is 7.51. The first kappa shape index (κ1) is 12.6. The third-order valence-electron chi connectivity index (χ3n) is 2.41. The number of phenolic OH excluding ortho intramolecular Hbond substituents is 1. The van der Waals surface area contributed by atoms with E-state index < -0.39 is 12.1 Å². The normalized spacial score (nSPS) is 14.3. The zero-order valence-electron chi connectivity index (χ0n) is 9.60. The van der Waals surface area contributed by atoms with E-state index in [1.165, 1.54) is 14.2 Å². The van der Waals surface area contributed by atoms with Crippen molar-refractivity contribution in [3.8, 4) is 17.2 Å². The van der Waals surface area contributed by atoms with Gasteiger partial charge in [0.05, 0.1) is 26.4 Å². The second-order valence-corrected chi connectivity index (χ2v) is 3.54. The van der Waals surface area contributed by atoms with Crippen LogP contribution in [0.25, 0.3) is 0 Å². The van der Waals surface area contributed by atoms with Crippen LogP contribution in [0.2, 0.25) is 0 Å². The summed E-state index contributed by atoms with van der Waals surface area (Å²) in [7, 11) is 2.87. The molecule has 0 bridgehead atoms. The molecular weight excluding hydrogens is 210 g/mol. The van der Waals surface area contributed by atoms with Crippen LogP contribution >= 0.6 is 0 Å². The van der Waals surface area contributed by atoms with Crippen molar-refractivity contribution in [2.75, 3.05) is 14.2 Å². The maximum Gasteiger partial charge on any atom is 0.200 e. The number of nitrogens with two attached hydrogens (primary N) is 1. The van der Waals surface area contributed by atoms with E-state index in [2.05, 4.69) is 0 Å². The van der Waals surface area contributed by atoms with Crippen molar-refractivity contribution in [3.63, 3.8) is 0 Å². The molecule has 1 aromatic rings. The lowest BCUT2D eigenvalue weighted by Gasteiger charge is -2.18. The molecule has 2 atom stereocenters. The summed E-state index contributed by atoms with van der Waals surface area (Å²) in [6, 6.07) is 2.60. The summed E-state index contributed by atoms with van der Waals surface area (Å²) >= 11 is 0. The molecule has 90 valence electrons. The fourth-order valence-electron chi connectivity index (χ4n) is 1.38. The van der Waals surface area contributed by atoms with Crippen LogP contribution in [0.3, 0.4) is 0 Å². The fourth-order valence-corrected chi connectivity index (χ4v) is 1.38. The van der Waals surface area contributed by atoms with Crippen molar-refractivity contribution >= 4 is 0 Å². The fraction of sp³-hybridized carbons (Fsp3) is 0.455. The maximum absolute atomic E-state index is 9.68. The number of aliphatic hydroxyl groups is 1. The minimum absolute atomic E-state index is 0.0773. The maximum atomic E-state index is 9.68. The molecule has 0 heterocycles. The topological polar surface area (TPSA) is 84.9 Å². The molecule has 5 nitrogen and oxygen atoms in total. The zero-order valence-corrected chi connectivity index (χ0v) is 9.60. The molecule has 0 saturated heterocycles. The number of rotatable bonds is 4. The molecular formula is C11H17NO4. The summed E-state index contributed by atoms with van der Waals surface area (Å²) in [5.41, 5.74) is 6.43. The van der Waals surface area contributed by atoms with Crippen LogP contribution in [0, 0.1) is 0 Å². The van der Waals surface area contributed by atoms with Gasteiger partial charge in [0, 0.05) is 0 Å². The van der Waals surface area contributed by atoms with Crippen LogP contribution < -0.4 is 15.2 Å². The molecule has 0 aliphatic carbocycles. The lowest BCUT2D eigenvalue weighted by molar-refractivity contribution is 0.164. The van der Waals surface area contributed by atoms with Crippen LogP contribution in [-0.2, 0) is 0 Å². The van der Waals surface area contributed by atoms with Crippen molar-refractivity contribution in [1.82, 2.24) is 0 Å². The van der Waals surface area contributed by atoms with Gasteiger partial charge in [-0.15, -0.1) is 0 Å². The Morgan fingerprint density at radius 2 is 1.62 bits per heavy atom. The van der Waals surface area contributed by atoms with Gasteiger partial charge >= 0.3 is 0 Å². The van der Waals surface area contributed by atoms with E-state index >= 15 is 0 Å². The minimum Gasteiger partial charge on any atom is -0.502 e. The molecule has 0 aliphatic rings. The van der Waals surface area contributed by atoms with Gasteiger partial charge in [0.15, 0.2) is 11.5 Å². The number of phenols is 1. The number of aromatic hydroxyl groups is 1. The molecule has 0 fully saturated rings. The summed E-state index contributed by atoms with van der Waals surface area (Å²) < 4.78 is 9.98. The molecule has 0 radical (unpaired) electrons. The van der Waals surface area contributed by atoms with Crippen LogP contribution in [-0.4, -0.2) is 30.5 Å². The van der Waals surface area contributed by atoms with E-state index in [1.807, 2.05) is 0 Å². The van der Waals surface area contributed by atoms with Crippen molar-refractivity contribution in [1.29, 1.82) is 0 Å². The van der Waals surface area contributed by atoms with Gasteiger partial charge in [0.2, 0.25) is 5.75 Å². The largest absolute Gasteiger partial charge is 0.502 e. The van der Waals surface area contributed by atoms with E-state index in [4.69, 9.17) is 15.2 Å². The third kappa shape index (κ3) is 2.37. The highest BCUT2D eigenvalue weighted by Gasteiger charge is 2.18. The van der Waals surface area contributed by atoms with Crippen molar-refractivity contribution in [3.05, 3.63) is 17.7 Å². The molecule has 5 heteroatoms. The van der Waals surface area contributed by atoms with Gasteiger partial charge in [-0.1, -0.05) is 0 Å². The summed E-state index contributed by atoms with van der Waals surface area (Å²) in [5.74, 6) is 0.461. The monoisotopic (exact) mass is 227 g/mol. The number of aliphatic hydroxyl groups excluding tert-OH is 1. The molecule has 0 unspecified atom stereocenters. The molecule has 0 aromatic heterocycles. The van der Waals surface area contributed by atoms with Crippen LogP contribution in [0.15, 0.2) is 12.1 Å². The summed E-state index contributed by atoms with van der Waals surface area (Å²) in [5, 5.41) is 19.1. The molecule has 1 rings (SSSR count). The van der Waals surface area contributed by atoms with Gasteiger partial charge in [0.25, 0.3) is 0 Å². The van der Waals surface area contributed by atoms with E-state index in [-0.39, 0.29) is 17.2 Å². The Bertz CT molecular complexity index is 340. The predicted molar refractivity (Wildman–Crippen MR) is 59.8 cm³/mol. The highest BCUT2D eigenvalue weighted by molar-refractivity contribution is 5.53. The summed E-state index contributed by atoms with van der Waals surface area (Å²) in [4.78, 5) is 0. The van der Waals surface area contributed by atoms with Gasteiger partial charge in [-0.25, -0.2) is 0 Å². The molecule has 4 N–H and O–H groups in total. The van der Waals surface area contributed by atoms with Crippen LogP contribution in [0.5, 0.6) is 17.2 Å². The Hall–Kier alpha value is -1.46. The van der Waals surface area contributed by atoms with Crippen LogP contribution in [0.4, 0.5) is 0 Å². The molecule has 0 aliphatic heterocycles. The number of hydrogen-bond acceptors (Lipinski definition) is 5. The molecule has 0 spiro atoms. The second-order valence-electron chi connectivity index (χ2n) is 3.54. The second kappa shape index (κ2) is 5.05. The van der Waals surface area contributed by atoms with Gasteiger partial charge in [0.1, 0.15) is 0 Å². The number of methoxy groups -OCH3 is 2. The van der Waals surface area contributed by atoms with E-state index in [0.717, 1.165) is 0 Å². The quantitative estimate of drug-likeness (QED) is 0.708. The number of ether oxygens (including phenoxy) is 2. The average Bonchev–Trinajstić information content (AvgIpc) is 2.28. The van der Waals surface area contributed by atoms with Gasteiger partial charge in [-0.3, -0.25) is 0 Å². The predicted octanol–water partition coefficient (Wildman–Crippen LogP) is 0.790. The lowest BCUT2D eigenvalue weighted by atomic mass is 10.0. The van der Waals surface area contributed by atoms with Crippen LogP contribution in [0.1, 0.15) is 18.5 Å². The Kier molecular flexibility index (Phi) is 3.98. The summed E-state index contributed by atoms with van der Waals surface area (Å²) in [6.07, 6.45) is -0.695. The highest BCUT2D eigenvalue weighted by atomic mass is 16.5. The smallest absolute Gasteiger partial charge is 0.200 e. The SMILES string of the molecule is COc1cc([C@H](N)[C@@H](C)O)cc(OC)c1O. The standard InChI is InChI=1S/C11H17NO4/c1-6(13)10(12)7-4-8(15-2)11(14)9(5-7)16-3/h4-6,10,13-14H,12H2,1-3H3/t6-,10-/m1/s1. The van der Waals surface area contributed by atoms with E-state index in [0.29, 0.717) is 5.56 Å². The Labute approximate surface area is 94.4 Å². The minimum atomic E-state index is -0.695. The van der Waals surface area contributed by atoms with E-state index in [1.54, 1.807) is 19.1 Å². The van der Waals surface area contributed by atoms with Gasteiger partial charge in [-0.2, -0.15) is 0 Å². The van der Waals surface area contributed by atoms with Crippen molar-refractivity contribution < 1.29 is 19.7 Å². The molecule has 16 heavy (non-hydrogen) atoms. The average molecular weight is 227 g/mol. The van der Waals surface area contributed by atoms with Crippen molar-refractivity contribution in [2.45, 2.75) is 19.1 Å². The molecule has 0 saturated carbocycles. The highest BCUT2D eigenvalue weighted by Crippen LogP contribution is 2.38. The van der Waals surface area contributed by atoms with Gasteiger partial charge < -0.3 is 25.4 Å². The number of benzene rings is 1. The Morgan fingerprint density at radius 3 is 1.94 bits per heavy atom. The first-order valence-corrected chi connectivity index (χ1v) is 4.89. The lowest BCUT2D eigenvalue weighted by Crippen LogP contribution is -2.23. The molecule has 1 aromatic carbocycles.